The minimum absolute atomic E-state index is 0.0348. The second-order valence-electron chi connectivity index (χ2n) is 5.17. The van der Waals surface area contributed by atoms with E-state index in [0.29, 0.717) is 18.5 Å². The summed E-state index contributed by atoms with van der Waals surface area (Å²) in [5.41, 5.74) is 3.17. The zero-order valence-corrected chi connectivity index (χ0v) is 12.2. The molecular weight excluding hydrogens is 280 g/mol. The number of carbonyl (C=O) groups is 1. The number of hydrogen-bond acceptors (Lipinski definition) is 3. The fourth-order valence-electron chi connectivity index (χ4n) is 2.33. The van der Waals surface area contributed by atoms with Gasteiger partial charge in [-0.15, -0.1) is 0 Å². The molecule has 0 unspecified atom stereocenters. The predicted molar refractivity (Wildman–Crippen MR) is 83.4 cm³/mol. The molecule has 1 aromatic heterocycles. The van der Waals surface area contributed by atoms with E-state index in [0.717, 1.165) is 16.6 Å². The van der Waals surface area contributed by atoms with Gasteiger partial charge in [0.25, 0.3) is 0 Å². The molecule has 0 fully saturated rings. The number of amides is 1. The molecule has 5 nitrogen and oxygen atoms in total. The van der Waals surface area contributed by atoms with Crippen LogP contribution in [0.5, 0.6) is 0 Å². The van der Waals surface area contributed by atoms with E-state index >= 15 is 0 Å². The Labute approximate surface area is 127 Å². The van der Waals surface area contributed by atoms with E-state index in [2.05, 4.69) is 5.32 Å². The van der Waals surface area contributed by atoms with Crippen molar-refractivity contribution >= 4 is 17.0 Å². The van der Waals surface area contributed by atoms with E-state index in [1.165, 1.54) is 4.57 Å². The average Bonchev–Trinajstić information content (AvgIpc) is 2.81. The van der Waals surface area contributed by atoms with E-state index in [4.69, 9.17) is 4.42 Å². The Morgan fingerprint density at radius 1 is 1.14 bits per heavy atom. The van der Waals surface area contributed by atoms with Crippen molar-refractivity contribution in [3.63, 3.8) is 0 Å². The van der Waals surface area contributed by atoms with Gasteiger partial charge in [0.2, 0.25) is 5.91 Å². The lowest BCUT2D eigenvalue weighted by Crippen LogP contribution is -2.24. The standard InChI is InChI=1S/C17H16N2O3/c1-19-14-9-13(7-8-15(14)22-17(19)21)11-18-16(20)10-12-5-3-2-4-6-12/h2-9H,10-11H2,1H3,(H,18,20). The van der Waals surface area contributed by atoms with Crippen LogP contribution < -0.4 is 11.1 Å². The average molecular weight is 296 g/mol. The van der Waals surface area contributed by atoms with Crippen molar-refractivity contribution in [3.8, 4) is 0 Å². The van der Waals surface area contributed by atoms with Crippen molar-refractivity contribution in [2.75, 3.05) is 0 Å². The Kier molecular flexibility index (Phi) is 3.78. The Balaban J connectivity index is 1.67. The van der Waals surface area contributed by atoms with Gasteiger partial charge in [-0.05, 0) is 23.3 Å². The molecule has 22 heavy (non-hydrogen) atoms. The smallest absolute Gasteiger partial charge is 0.408 e. The number of oxazole rings is 1. The molecule has 0 aliphatic carbocycles. The number of rotatable bonds is 4. The highest BCUT2D eigenvalue weighted by molar-refractivity contribution is 5.79. The summed E-state index contributed by atoms with van der Waals surface area (Å²) in [5.74, 6) is -0.423. The second-order valence-corrected chi connectivity index (χ2v) is 5.17. The number of fused-ring (bicyclic) bond motifs is 1. The van der Waals surface area contributed by atoms with Crippen LogP contribution >= 0.6 is 0 Å². The van der Waals surface area contributed by atoms with E-state index in [1.54, 1.807) is 13.1 Å². The maximum Gasteiger partial charge on any atom is 0.419 e. The molecule has 0 atom stereocenters. The van der Waals surface area contributed by atoms with Gasteiger partial charge in [-0.25, -0.2) is 4.79 Å². The van der Waals surface area contributed by atoms with Crippen LogP contribution in [0.4, 0.5) is 0 Å². The monoisotopic (exact) mass is 296 g/mol. The van der Waals surface area contributed by atoms with Crippen molar-refractivity contribution in [2.24, 2.45) is 7.05 Å². The van der Waals surface area contributed by atoms with Gasteiger partial charge >= 0.3 is 5.76 Å². The summed E-state index contributed by atoms with van der Waals surface area (Å²) >= 11 is 0. The molecule has 2 aromatic carbocycles. The third-order valence-corrected chi connectivity index (χ3v) is 3.55. The van der Waals surface area contributed by atoms with Crippen LogP contribution in [-0.2, 0) is 24.8 Å². The van der Waals surface area contributed by atoms with Gasteiger partial charge in [0.05, 0.1) is 11.9 Å². The summed E-state index contributed by atoms with van der Waals surface area (Å²) in [4.78, 5) is 23.4. The van der Waals surface area contributed by atoms with Crippen molar-refractivity contribution in [1.82, 2.24) is 9.88 Å². The number of aromatic nitrogens is 1. The maximum absolute atomic E-state index is 11.9. The van der Waals surface area contributed by atoms with Gasteiger partial charge in [-0.3, -0.25) is 9.36 Å². The number of hydrogen-bond donors (Lipinski definition) is 1. The van der Waals surface area contributed by atoms with Crippen molar-refractivity contribution in [2.45, 2.75) is 13.0 Å². The summed E-state index contributed by atoms with van der Waals surface area (Å²) < 4.78 is 6.53. The molecule has 0 aliphatic rings. The minimum atomic E-state index is -0.389. The van der Waals surface area contributed by atoms with Gasteiger partial charge < -0.3 is 9.73 Å². The van der Waals surface area contributed by atoms with Crippen LogP contribution in [0.2, 0.25) is 0 Å². The molecule has 0 radical (unpaired) electrons. The van der Waals surface area contributed by atoms with Gasteiger partial charge in [-0.2, -0.15) is 0 Å². The van der Waals surface area contributed by atoms with Crippen molar-refractivity contribution < 1.29 is 9.21 Å². The molecule has 0 aliphatic heterocycles. The van der Waals surface area contributed by atoms with Crippen LogP contribution in [0, 0.1) is 0 Å². The van der Waals surface area contributed by atoms with Crippen molar-refractivity contribution in [1.29, 1.82) is 0 Å². The van der Waals surface area contributed by atoms with E-state index < -0.39 is 0 Å². The predicted octanol–water partition coefficient (Wildman–Crippen LogP) is 1.99. The van der Waals surface area contributed by atoms with Crippen LogP contribution in [-0.4, -0.2) is 10.5 Å². The van der Waals surface area contributed by atoms with Gasteiger partial charge in [-0.1, -0.05) is 36.4 Å². The van der Waals surface area contributed by atoms with Crippen LogP contribution in [0.1, 0.15) is 11.1 Å². The van der Waals surface area contributed by atoms with Crippen molar-refractivity contribution in [3.05, 3.63) is 70.2 Å². The van der Waals surface area contributed by atoms with E-state index in [1.807, 2.05) is 42.5 Å². The summed E-state index contributed by atoms with van der Waals surface area (Å²) in [7, 11) is 1.66. The molecule has 5 heteroatoms. The molecule has 112 valence electrons. The van der Waals surface area contributed by atoms with E-state index in [-0.39, 0.29) is 11.7 Å². The lowest BCUT2D eigenvalue weighted by atomic mass is 10.1. The topological polar surface area (TPSA) is 64.2 Å². The largest absolute Gasteiger partial charge is 0.419 e. The first-order valence-electron chi connectivity index (χ1n) is 7.02. The summed E-state index contributed by atoms with van der Waals surface area (Å²) in [6.45, 7) is 0.418. The fourth-order valence-corrected chi connectivity index (χ4v) is 2.33. The first kappa shape index (κ1) is 14.1. The molecular formula is C17H16N2O3. The SMILES string of the molecule is Cn1c(=O)oc2ccc(CNC(=O)Cc3ccccc3)cc21. The van der Waals surface area contributed by atoms with Gasteiger partial charge in [0.1, 0.15) is 0 Å². The normalized spacial score (nSPS) is 10.8. The van der Waals surface area contributed by atoms with Crippen LogP contribution in [0.25, 0.3) is 11.1 Å². The molecule has 0 bridgehead atoms. The summed E-state index contributed by atoms with van der Waals surface area (Å²) in [6.07, 6.45) is 0.354. The number of carbonyl (C=O) groups excluding carboxylic acids is 1. The second kappa shape index (κ2) is 5.89. The fraction of sp³-hybridized carbons (Fsp3) is 0.176. The Morgan fingerprint density at radius 3 is 2.68 bits per heavy atom. The van der Waals surface area contributed by atoms with Crippen LogP contribution in [0.3, 0.4) is 0 Å². The molecule has 1 amide bonds. The lowest BCUT2D eigenvalue weighted by molar-refractivity contribution is -0.120. The zero-order chi connectivity index (χ0) is 15.5. The number of nitrogens with one attached hydrogen (secondary N) is 1. The molecule has 0 saturated heterocycles. The van der Waals surface area contributed by atoms with Gasteiger partial charge in [0.15, 0.2) is 5.58 Å². The third-order valence-electron chi connectivity index (χ3n) is 3.55. The molecule has 0 saturated carbocycles. The quantitative estimate of drug-likeness (QED) is 0.801. The molecule has 3 rings (SSSR count). The molecule has 0 spiro atoms. The molecule has 1 N–H and O–H groups in total. The first-order valence-corrected chi connectivity index (χ1v) is 7.02. The zero-order valence-electron chi connectivity index (χ0n) is 12.2. The third kappa shape index (κ3) is 2.93. The highest BCUT2D eigenvalue weighted by Gasteiger charge is 2.07. The van der Waals surface area contributed by atoms with Gasteiger partial charge in [0, 0.05) is 13.6 Å². The summed E-state index contributed by atoms with van der Waals surface area (Å²) in [6, 6.07) is 15.0. The number of aryl methyl sites for hydroxylation is 1. The number of benzene rings is 2. The highest BCUT2D eigenvalue weighted by Crippen LogP contribution is 2.14. The Hall–Kier alpha value is -2.82. The van der Waals surface area contributed by atoms with E-state index in [9.17, 15) is 9.59 Å². The minimum Gasteiger partial charge on any atom is -0.408 e. The molecule has 1 heterocycles. The summed E-state index contributed by atoms with van der Waals surface area (Å²) in [5, 5.41) is 2.88. The Bertz CT molecular complexity index is 862. The molecule has 3 aromatic rings. The lowest BCUT2D eigenvalue weighted by Gasteiger charge is -2.06. The highest BCUT2D eigenvalue weighted by atomic mass is 16.4. The maximum atomic E-state index is 11.9. The first-order chi connectivity index (χ1) is 10.6. The van der Waals surface area contributed by atoms with Crippen LogP contribution in [0.15, 0.2) is 57.7 Å². The number of nitrogens with zero attached hydrogens (tertiary/aromatic N) is 1. The Morgan fingerprint density at radius 2 is 1.91 bits per heavy atom.